The summed E-state index contributed by atoms with van der Waals surface area (Å²) in [6.07, 6.45) is 0. The van der Waals surface area contributed by atoms with Crippen LogP contribution in [-0.2, 0) is 6.54 Å². The van der Waals surface area contributed by atoms with Gasteiger partial charge in [0.2, 0.25) is 0 Å². The third kappa shape index (κ3) is 4.19. The van der Waals surface area contributed by atoms with Gasteiger partial charge in [-0.05, 0) is 55.0 Å². The van der Waals surface area contributed by atoms with Crippen LogP contribution in [-0.4, -0.2) is 10.3 Å². The Labute approximate surface area is 249 Å². The van der Waals surface area contributed by atoms with E-state index in [4.69, 9.17) is 9.83 Å². The molecule has 0 radical (unpaired) electrons. The minimum absolute atomic E-state index is 0.515. The monoisotopic (exact) mass is 555 g/mol. The summed E-state index contributed by atoms with van der Waals surface area (Å²) in [5.74, 6) is 0. The Morgan fingerprint density at radius 1 is 0.698 bits per heavy atom. The number of fused-ring (bicyclic) bond motifs is 7. The van der Waals surface area contributed by atoms with Crippen molar-refractivity contribution in [3.8, 4) is 5.69 Å². The van der Waals surface area contributed by atoms with Gasteiger partial charge in [-0.15, -0.1) is 0 Å². The highest BCUT2D eigenvalue weighted by Gasteiger charge is 2.19. The standard InChI is InChI=1S/C39H29N3O/c1-25-10-8-12-27(22-25)37(40)33-16-2-5-17-34(33)41-24-26-11-9-13-28(23-26)42-35-18-6-3-14-29(35)31-20-21-32-30-15-4-7-19-36(30)43-39(32)38(31)42/h2-23,40-41H,24H2,1H3. The summed E-state index contributed by atoms with van der Waals surface area (Å²) in [5.41, 5.74) is 10.7. The van der Waals surface area contributed by atoms with Crippen molar-refractivity contribution in [2.45, 2.75) is 13.5 Å². The number of hydrogen-bond donors (Lipinski definition) is 2. The van der Waals surface area contributed by atoms with E-state index in [1.807, 2.05) is 42.5 Å². The van der Waals surface area contributed by atoms with E-state index >= 15 is 0 Å². The quantitative estimate of drug-likeness (QED) is 0.201. The van der Waals surface area contributed by atoms with Crippen LogP contribution in [0, 0.1) is 12.3 Å². The van der Waals surface area contributed by atoms with Crippen molar-refractivity contribution < 1.29 is 4.42 Å². The zero-order valence-electron chi connectivity index (χ0n) is 23.8. The summed E-state index contributed by atoms with van der Waals surface area (Å²) in [6, 6.07) is 46.1. The molecule has 0 fully saturated rings. The number of anilines is 1. The SMILES string of the molecule is Cc1cccc(C(=N)c2ccccc2NCc2cccc(-n3c4ccccc4c4ccc5c6ccccc6oc5c43)c2)c1. The zero-order chi connectivity index (χ0) is 28.9. The van der Waals surface area contributed by atoms with Crippen LogP contribution in [0.5, 0.6) is 0 Å². The lowest BCUT2D eigenvalue weighted by Gasteiger charge is -2.15. The Kier molecular flexibility index (Phi) is 5.86. The smallest absolute Gasteiger partial charge is 0.160 e. The maximum atomic E-state index is 8.93. The summed E-state index contributed by atoms with van der Waals surface area (Å²) >= 11 is 0. The van der Waals surface area contributed by atoms with Gasteiger partial charge in [0.15, 0.2) is 5.58 Å². The topological polar surface area (TPSA) is 54.0 Å². The predicted molar refractivity (Wildman–Crippen MR) is 179 cm³/mol. The van der Waals surface area contributed by atoms with Crippen molar-refractivity contribution in [1.29, 1.82) is 5.41 Å². The number of aryl methyl sites for hydroxylation is 1. The molecule has 0 amide bonds. The van der Waals surface area contributed by atoms with E-state index in [-0.39, 0.29) is 0 Å². The van der Waals surface area contributed by atoms with Crippen LogP contribution in [0.3, 0.4) is 0 Å². The molecule has 0 atom stereocenters. The Bertz CT molecular complexity index is 2340. The fourth-order valence-corrected chi connectivity index (χ4v) is 6.31. The average Bonchev–Trinajstić information content (AvgIpc) is 3.60. The summed E-state index contributed by atoms with van der Waals surface area (Å²) < 4.78 is 8.85. The van der Waals surface area contributed by atoms with Crippen LogP contribution in [0.25, 0.3) is 49.4 Å². The van der Waals surface area contributed by atoms with E-state index in [1.54, 1.807) is 0 Å². The first-order chi connectivity index (χ1) is 21.2. The summed E-state index contributed by atoms with van der Waals surface area (Å²) in [5, 5.41) is 17.2. The van der Waals surface area contributed by atoms with Crippen LogP contribution >= 0.6 is 0 Å². The van der Waals surface area contributed by atoms with Gasteiger partial charge in [-0.25, -0.2) is 0 Å². The largest absolute Gasteiger partial charge is 0.454 e. The lowest BCUT2D eigenvalue weighted by Crippen LogP contribution is -2.08. The number of aromatic nitrogens is 1. The number of nitrogens with zero attached hydrogens (tertiary/aromatic N) is 1. The van der Waals surface area contributed by atoms with E-state index < -0.39 is 0 Å². The van der Waals surface area contributed by atoms with Gasteiger partial charge < -0.3 is 14.3 Å². The molecule has 0 saturated heterocycles. The van der Waals surface area contributed by atoms with Gasteiger partial charge >= 0.3 is 0 Å². The molecule has 2 N–H and O–H groups in total. The molecule has 6 aromatic carbocycles. The molecule has 0 unspecified atom stereocenters. The highest BCUT2D eigenvalue weighted by molar-refractivity contribution is 6.21. The number of benzene rings is 6. The van der Waals surface area contributed by atoms with Crippen LogP contribution in [0.2, 0.25) is 0 Å². The summed E-state index contributed by atoms with van der Waals surface area (Å²) in [7, 11) is 0. The van der Waals surface area contributed by atoms with Crippen LogP contribution < -0.4 is 5.32 Å². The molecule has 8 aromatic rings. The molecule has 43 heavy (non-hydrogen) atoms. The predicted octanol–water partition coefficient (Wildman–Crippen LogP) is 10.0. The van der Waals surface area contributed by atoms with E-state index in [0.717, 1.165) is 66.6 Å². The minimum Gasteiger partial charge on any atom is -0.454 e. The molecule has 0 aliphatic heterocycles. The maximum absolute atomic E-state index is 8.93. The van der Waals surface area contributed by atoms with Crippen molar-refractivity contribution in [1.82, 2.24) is 4.57 Å². The summed E-state index contributed by atoms with van der Waals surface area (Å²) in [4.78, 5) is 0. The Balaban J connectivity index is 1.21. The Morgan fingerprint density at radius 2 is 1.47 bits per heavy atom. The van der Waals surface area contributed by atoms with Crippen LogP contribution in [0.15, 0.2) is 138 Å². The van der Waals surface area contributed by atoms with E-state index in [0.29, 0.717) is 12.3 Å². The second-order valence-electron chi connectivity index (χ2n) is 11.1. The van der Waals surface area contributed by atoms with Crippen molar-refractivity contribution in [2.75, 3.05) is 5.32 Å². The molecule has 8 rings (SSSR count). The third-order valence-corrected chi connectivity index (χ3v) is 8.33. The zero-order valence-corrected chi connectivity index (χ0v) is 23.8. The van der Waals surface area contributed by atoms with Crippen LogP contribution in [0.4, 0.5) is 5.69 Å². The summed E-state index contributed by atoms with van der Waals surface area (Å²) in [6.45, 7) is 2.69. The molecule has 4 nitrogen and oxygen atoms in total. The molecule has 0 bridgehead atoms. The lowest BCUT2D eigenvalue weighted by molar-refractivity contribution is 0.671. The fraction of sp³-hybridized carbons (Fsp3) is 0.0513. The molecule has 0 aliphatic rings. The number of para-hydroxylation sites is 3. The first-order valence-corrected chi connectivity index (χ1v) is 14.6. The normalized spacial score (nSPS) is 11.6. The molecule has 4 heteroatoms. The van der Waals surface area contributed by atoms with E-state index in [9.17, 15) is 0 Å². The lowest BCUT2D eigenvalue weighted by atomic mass is 9.99. The van der Waals surface area contributed by atoms with Crippen molar-refractivity contribution in [2.24, 2.45) is 0 Å². The average molecular weight is 556 g/mol. The van der Waals surface area contributed by atoms with Gasteiger partial charge in [0.25, 0.3) is 0 Å². The molecule has 0 saturated carbocycles. The Morgan fingerprint density at radius 3 is 2.37 bits per heavy atom. The fourth-order valence-electron chi connectivity index (χ4n) is 6.31. The van der Waals surface area contributed by atoms with Crippen molar-refractivity contribution in [3.63, 3.8) is 0 Å². The molecular weight excluding hydrogens is 526 g/mol. The molecule has 0 aliphatic carbocycles. The number of furan rings is 1. The van der Waals surface area contributed by atoms with Gasteiger partial charge in [-0.3, -0.25) is 5.41 Å². The highest BCUT2D eigenvalue weighted by Crippen LogP contribution is 2.40. The second-order valence-corrected chi connectivity index (χ2v) is 11.1. The van der Waals surface area contributed by atoms with E-state index in [1.165, 1.54) is 10.8 Å². The molecule has 0 spiro atoms. The van der Waals surface area contributed by atoms with Gasteiger partial charge in [0.1, 0.15) is 5.58 Å². The van der Waals surface area contributed by atoms with Crippen LogP contribution in [0.1, 0.15) is 22.3 Å². The van der Waals surface area contributed by atoms with Gasteiger partial charge in [-0.2, -0.15) is 0 Å². The number of rotatable bonds is 6. The molecule has 2 aromatic heterocycles. The van der Waals surface area contributed by atoms with Crippen molar-refractivity contribution >= 4 is 55.1 Å². The highest BCUT2D eigenvalue weighted by atomic mass is 16.3. The molecule has 2 heterocycles. The number of nitrogens with one attached hydrogen (secondary N) is 2. The second kappa shape index (κ2) is 10.0. The molecular formula is C39H29N3O. The van der Waals surface area contributed by atoms with Crippen molar-refractivity contribution in [3.05, 3.63) is 156 Å². The molecule has 206 valence electrons. The van der Waals surface area contributed by atoms with E-state index in [2.05, 4.69) is 108 Å². The maximum Gasteiger partial charge on any atom is 0.160 e. The van der Waals surface area contributed by atoms with Gasteiger partial charge in [-0.1, -0.05) is 96.6 Å². The minimum atomic E-state index is 0.515. The third-order valence-electron chi connectivity index (χ3n) is 8.33. The Hall–Kier alpha value is -5.61. The first kappa shape index (κ1) is 25.1. The van der Waals surface area contributed by atoms with Gasteiger partial charge in [0.05, 0.1) is 16.7 Å². The first-order valence-electron chi connectivity index (χ1n) is 14.6. The number of hydrogen-bond acceptors (Lipinski definition) is 3. The van der Waals surface area contributed by atoms with Gasteiger partial charge in [0, 0.05) is 50.6 Å².